The van der Waals surface area contributed by atoms with E-state index in [1.54, 1.807) is 0 Å². The summed E-state index contributed by atoms with van der Waals surface area (Å²) < 4.78 is 17.2. The zero-order chi connectivity index (χ0) is 14.0. The molecule has 0 saturated heterocycles. The average molecular weight is 270 g/mol. The average Bonchev–Trinajstić information content (AvgIpc) is 2.45. The molecule has 0 fully saturated rings. The van der Waals surface area contributed by atoms with E-state index in [-0.39, 0.29) is 0 Å². The smallest absolute Gasteiger partial charge is 0.205 e. The summed E-state index contributed by atoms with van der Waals surface area (Å²) >= 11 is 0. The third-order valence-corrected chi connectivity index (χ3v) is 3.21. The predicted molar refractivity (Wildman–Crippen MR) is 76.7 cm³/mol. The van der Waals surface area contributed by atoms with Crippen molar-refractivity contribution in [3.8, 4) is 11.5 Å². The zero-order valence-corrected chi connectivity index (χ0v) is 11.8. The van der Waals surface area contributed by atoms with Gasteiger partial charge in [0.2, 0.25) is 5.79 Å². The highest BCUT2D eigenvalue weighted by atomic mass is 16.7. The van der Waals surface area contributed by atoms with Crippen LogP contribution in [0.4, 0.5) is 0 Å². The molecule has 3 nitrogen and oxygen atoms in total. The number of hydrogen-bond donors (Lipinski definition) is 0. The molecule has 3 rings (SSSR count). The van der Waals surface area contributed by atoms with Crippen LogP contribution < -0.4 is 9.47 Å². The van der Waals surface area contributed by atoms with E-state index in [0.29, 0.717) is 13.2 Å². The lowest BCUT2D eigenvalue weighted by molar-refractivity contribution is -0.180. The third kappa shape index (κ3) is 2.94. The molecule has 3 heteroatoms. The first-order chi connectivity index (χ1) is 9.62. The van der Waals surface area contributed by atoms with Crippen LogP contribution in [-0.2, 0) is 18.0 Å². The molecule has 2 aromatic rings. The van der Waals surface area contributed by atoms with Crippen molar-refractivity contribution in [1.82, 2.24) is 0 Å². The van der Waals surface area contributed by atoms with Gasteiger partial charge in [-0.15, -0.1) is 0 Å². The van der Waals surface area contributed by atoms with Crippen LogP contribution in [0.5, 0.6) is 11.5 Å². The van der Waals surface area contributed by atoms with Crippen molar-refractivity contribution in [2.24, 2.45) is 0 Å². The minimum Gasteiger partial charge on any atom is -0.489 e. The minimum atomic E-state index is -0.556. The van der Waals surface area contributed by atoms with Crippen LogP contribution in [0, 0.1) is 0 Å². The molecule has 0 atom stereocenters. The molecular weight excluding hydrogens is 252 g/mol. The molecule has 0 N–H and O–H groups in total. The molecular formula is C17H18O3. The van der Waals surface area contributed by atoms with Gasteiger partial charge in [-0.3, -0.25) is 0 Å². The van der Waals surface area contributed by atoms with Gasteiger partial charge in [0, 0.05) is 19.4 Å². The fraction of sp³-hybridized carbons (Fsp3) is 0.294. The van der Waals surface area contributed by atoms with Crippen molar-refractivity contribution in [3.05, 3.63) is 59.7 Å². The van der Waals surface area contributed by atoms with Crippen molar-refractivity contribution in [3.63, 3.8) is 0 Å². The molecule has 104 valence electrons. The lowest BCUT2D eigenvalue weighted by Crippen LogP contribution is -2.35. The normalized spacial score (nSPS) is 16.1. The highest BCUT2D eigenvalue weighted by Crippen LogP contribution is 2.33. The second-order valence-electron chi connectivity index (χ2n) is 5.33. The summed E-state index contributed by atoms with van der Waals surface area (Å²) in [6.07, 6.45) is 0. The number of fused-ring (bicyclic) bond motifs is 1. The number of rotatable bonds is 3. The van der Waals surface area contributed by atoms with Crippen LogP contribution in [0.1, 0.15) is 25.0 Å². The molecule has 0 radical (unpaired) electrons. The molecule has 0 bridgehead atoms. The van der Waals surface area contributed by atoms with Crippen molar-refractivity contribution in [1.29, 1.82) is 0 Å². The molecule has 0 saturated carbocycles. The van der Waals surface area contributed by atoms with E-state index in [9.17, 15) is 0 Å². The summed E-state index contributed by atoms with van der Waals surface area (Å²) in [6, 6.07) is 16.0. The Kier molecular flexibility index (Phi) is 3.36. The molecule has 0 spiro atoms. The minimum absolute atomic E-state index is 0.546. The first-order valence-corrected chi connectivity index (χ1v) is 6.75. The number of hydrogen-bond acceptors (Lipinski definition) is 3. The molecule has 0 amide bonds. The maximum absolute atomic E-state index is 5.80. The van der Waals surface area contributed by atoms with Gasteiger partial charge in [0.1, 0.15) is 18.1 Å². The lowest BCUT2D eigenvalue weighted by atomic mass is 10.1. The predicted octanol–water partition coefficient (Wildman–Crippen LogP) is 3.91. The fourth-order valence-electron chi connectivity index (χ4n) is 2.14. The van der Waals surface area contributed by atoms with Gasteiger partial charge in [0.05, 0.1) is 6.61 Å². The molecule has 0 unspecified atom stereocenters. The Morgan fingerprint density at radius 3 is 2.70 bits per heavy atom. The summed E-state index contributed by atoms with van der Waals surface area (Å²) in [5.41, 5.74) is 2.17. The third-order valence-electron chi connectivity index (χ3n) is 3.21. The van der Waals surface area contributed by atoms with Gasteiger partial charge in [0.15, 0.2) is 0 Å². The Labute approximate surface area is 119 Å². The van der Waals surface area contributed by atoms with Gasteiger partial charge in [-0.25, -0.2) is 0 Å². The van der Waals surface area contributed by atoms with E-state index in [4.69, 9.17) is 14.2 Å². The zero-order valence-electron chi connectivity index (χ0n) is 11.8. The van der Waals surface area contributed by atoms with E-state index in [2.05, 4.69) is 0 Å². The number of benzene rings is 2. The first-order valence-electron chi connectivity index (χ1n) is 6.75. The van der Waals surface area contributed by atoms with Crippen molar-refractivity contribution < 1.29 is 14.2 Å². The summed E-state index contributed by atoms with van der Waals surface area (Å²) in [7, 11) is 0. The monoisotopic (exact) mass is 270 g/mol. The Hall–Kier alpha value is -2.00. The summed E-state index contributed by atoms with van der Waals surface area (Å²) in [5, 5.41) is 0. The van der Waals surface area contributed by atoms with Gasteiger partial charge in [-0.1, -0.05) is 30.3 Å². The first kappa shape index (κ1) is 13.0. The standard InChI is InChI=1S/C17H18O3/c1-17(2)19-12-14-10-15(8-9-16(14)20-17)18-11-13-6-4-3-5-7-13/h3-10H,11-12H2,1-2H3. The Balaban J connectivity index is 1.70. The second kappa shape index (κ2) is 5.17. The van der Waals surface area contributed by atoms with Crippen LogP contribution in [0.15, 0.2) is 48.5 Å². The highest BCUT2D eigenvalue weighted by Gasteiger charge is 2.27. The fourth-order valence-corrected chi connectivity index (χ4v) is 2.14. The lowest BCUT2D eigenvalue weighted by Gasteiger charge is -2.32. The van der Waals surface area contributed by atoms with Crippen molar-refractivity contribution >= 4 is 0 Å². The molecule has 2 aromatic carbocycles. The van der Waals surface area contributed by atoms with E-state index < -0.39 is 5.79 Å². The Bertz CT molecular complexity index is 590. The van der Waals surface area contributed by atoms with Crippen LogP contribution in [0.2, 0.25) is 0 Å². The van der Waals surface area contributed by atoms with Gasteiger partial charge in [-0.2, -0.15) is 0 Å². The topological polar surface area (TPSA) is 27.7 Å². The maximum Gasteiger partial charge on any atom is 0.205 e. The largest absolute Gasteiger partial charge is 0.489 e. The quantitative estimate of drug-likeness (QED) is 0.846. The molecule has 20 heavy (non-hydrogen) atoms. The summed E-state index contributed by atoms with van der Waals surface area (Å²) in [6.45, 7) is 4.93. The van der Waals surface area contributed by atoms with E-state index >= 15 is 0 Å². The molecule has 1 aliphatic heterocycles. The number of ether oxygens (including phenoxy) is 3. The summed E-state index contributed by atoms with van der Waals surface area (Å²) in [4.78, 5) is 0. The van der Waals surface area contributed by atoms with Crippen LogP contribution >= 0.6 is 0 Å². The highest BCUT2D eigenvalue weighted by molar-refractivity contribution is 5.41. The van der Waals surface area contributed by atoms with Gasteiger partial charge < -0.3 is 14.2 Å². The molecule has 0 aliphatic carbocycles. The van der Waals surface area contributed by atoms with E-state index in [1.165, 1.54) is 0 Å². The van der Waals surface area contributed by atoms with Crippen molar-refractivity contribution in [2.75, 3.05) is 0 Å². The van der Waals surface area contributed by atoms with Gasteiger partial charge in [0.25, 0.3) is 0 Å². The molecule has 0 aromatic heterocycles. The summed E-state index contributed by atoms with van der Waals surface area (Å²) in [5.74, 6) is 1.15. The Morgan fingerprint density at radius 1 is 1.10 bits per heavy atom. The molecule has 1 aliphatic rings. The van der Waals surface area contributed by atoms with Crippen LogP contribution in [0.3, 0.4) is 0 Å². The second-order valence-corrected chi connectivity index (χ2v) is 5.33. The molecule has 1 heterocycles. The van der Waals surface area contributed by atoms with Crippen molar-refractivity contribution in [2.45, 2.75) is 32.8 Å². The van der Waals surface area contributed by atoms with Gasteiger partial charge >= 0.3 is 0 Å². The maximum atomic E-state index is 5.80. The van der Waals surface area contributed by atoms with E-state index in [0.717, 1.165) is 22.6 Å². The van der Waals surface area contributed by atoms with Gasteiger partial charge in [-0.05, 0) is 23.8 Å². The van der Waals surface area contributed by atoms with Crippen LogP contribution in [-0.4, -0.2) is 5.79 Å². The van der Waals surface area contributed by atoms with E-state index in [1.807, 2.05) is 62.4 Å². The SMILES string of the molecule is CC1(C)OCc2cc(OCc3ccccc3)ccc2O1. The Morgan fingerprint density at radius 2 is 1.90 bits per heavy atom. The van der Waals surface area contributed by atoms with Crippen LogP contribution in [0.25, 0.3) is 0 Å².